The van der Waals surface area contributed by atoms with Gasteiger partial charge in [0.25, 0.3) is 5.91 Å². The first-order chi connectivity index (χ1) is 13.8. The van der Waals surface area contributed by atoms with Crippen molar-refractivity contribution in [3.05, 3.63) is 78.1 Å². The molecule has 1 N–H and O–H groups in total. The van der Waals surface area contributed by atoms with E-state index in [1.54, 1.807) is 4.68 Å². The van der Waals surface area contributed by atoms with E-state index in [1.165, 1.54) is 0 Å². The molecule has 0 unspecified atom stereocenters. The summed E-state index contributed by atoms with van der Waals surface area (Å²) in [5.74, 6) is 1.15. The van der Waals surface area contributed by atoms with Crippen LogP contribution in [0.2, 0.25) is 0 Å². The third-order valence-corrected chi connectivity index (χ3v) is 4.37. The van der Waals surface area contributed by atoms with Gasteiger partial charge in [0.15, 0.2) is 5.82 Å². The van der Waals surface area contributed by atoms with E-state index in [-0.39, 0.29) is 12.5 Å². The molecule has 0 atom stereocenters. The maximum Gasteiger partial charge on any atom is 0.252 e. The summed E-state index contributed by atoms with van der Waals surface area (Å²) in [5.41, 5.74) is 1.42. The lowest BCUT2D eigenvalue weighted by atomic mass is 10.0. The van der Waals surface area contributed by atoms with E-state index in [0.29, 0.717) is 18.0 Å². The largest absolute Gasteiger partial charge is 0.494 e. The van der Waals surface area contributed by atoms with E-state index in [2.05, 4.69) is 20.8 Å². The smallest absolute Gasteiger partial charge is 0.252 e. The molecule has 7 nitrogen and oxygen atoms in total. The quantitative estimate of drug-likeness (QED) is 0.561. The Bertz CT molecular complexity index is 1100. The van der Waals surface area contributed by atoms with Crippen LogP contribution < -0.4 is 10.1 Å². The lowest BCUT2D eigenvalue weighted by molar-refractivity contribution is 0.0951. The highest BCUT2D eigenvalue weighted by molar-refractivity contribution is 6.06. The van der Waals surface area contributed by atoms with E-state index in [1.807, 2.05) is 73.7 Å². The molecule has 0 saturated carbocycles. The van der Waals surface area contributed by atoms with Crippen LogP contribution in [-0.2, 0) is 6.54 Å². The number of carbonyl (C=O) groups is 1. The van der Waals surface area contributed by atoms with E-state index >= 15 is 0 Å². The second kappa shape index (κ2) is 7.87. The predicted octanol–water partition coefficient (Wildman–Crippen LogP) is 3.14. The van der Waals surface area contributed by atoms with Crippen molar-refractivity contribution in [2.24, 2.45) is 0 Å². The first kappa shape index (κ1) is 17.7. The number of hydrogen-bond donors (Lipinski definition) is 1. The van der Waals surface area contributed by atoms with Gasteiger partial charge in [-0.2, -0.15) is 4.68 Å². The Morgan fingerprint density at radius 2 is 1.82 bits per heavy atom. The molecule has 1 amide bonds. The number of carbonyl (C=O) groups excluding carboxylic acids is 1. The fourth-order valence-electron chi connectivity index (χ4n) is 3.04. The van der Waals surface area contributed by atoms with Crippen LogP contribution in [-0.4, -0.2) is 32.7 Å². The Morgan fingerprint density at radius 3 is 2.64 bits per heavy atom. The van der Waals surface area contributed by atoms with Gasteiger partial charge in [-0.3, -0.25) is 4.79 Å². The molecule has 28 heavy (non-hydrogen) atoms. The van der Waals surface area contributed by atoms with Gasteiger partial charge in [0.05, 0.1) is 18.8 Å². The van der Waals surface area contributed by atoms with Crippen LogP contribution in [0.25, 0.3) is 16.5 Å². The second-order valence-electron chi connectivity index (χ2n) is 6.14. The number of hydrogen-bond acceptors (Lipinski definition) is 5. The van der Waals surface area contributed by atoms with Crippen molar-refractivity contribution in [3.8, 4) is 11.4 Å². The maximum absolute atomic E-state index is 12.7. The van der Waals surface area contributed by atoms with Gasteiger partial charge in [0, 0.05) is 5.56 Å². The molecular weight excluding hydrogens is 354 g/mol. The van der Waals surface area contributed by atoms with Crippen LogP contribution in [0.4, 0.5) is 0 Å². The summed E-state index contributed by atoms with van der Waals surface area (Å²) in [4.78, 5) is 12.7. The molecule has 7 heteroatoms. The van der Waals surface area contributed by atoms with Crippen molar-refractivity contribution in [1.82, 2.24) is 25.5 Å². The van der Waals surface area contributed by atoms with Gasteiger partial charge in [0.1, 0.15) is 5.75 Å². The van der Waals surface area contributed by atoms with Crippen molar-refractivity contribution < 1.29 is 9.53 Å². The van der Waals surface area contributed by atoms with Crippen LogP contribution >= 0.6 is 0 Å². The van der Waals surface area contributed by atoms with Crippen molar-refractivity contribution in [2.45, 2.75) is 13.5 Å². The third kappa shape index (κ3) is 3.55. The average Bonchev–Trinajstić information content (AvgIpc) is 3.21. The molecule has 0 fully saturated rings. The minimum absolute atomic E-state index is 0.168. The Hall–Kier alpha value is -3.74. The number of tetrazole rings is 1. The summed E-state index contributed by atoms with van der Waals surface area (Å²) in [6, 6.07) is 20.9. The zero-order valence-electron chi connectivity index (χ0n) is 15.4. The van der Waals surface area contributed by atoms with Crippen LogP contribution in [0.3, 0.4) is 0 Å². The minimum Gasteiger partial charge on any atom is -0.494 e. The third-order valence-electron chi connectivity index (χ3n) is 4.37. The fourth-order valence-corrected chi connectivity index (χ4v) is 3.04. The Labute approximate surface area is 161 Å². The van der Waals surface area contributed by atoms with E-state index in [4.69, 9.17) is 4.74 Å². The monoisotopic (exact) mass is 373 g/mol. The number of ether oxygens (including phenoxy) is 1. The van der Waals surface area contributed by atoms with E-state index < -0.39 is 0 Å². The van der Waals surface area contributed by atoms with Crippen LogP contribution in [0.15, 0.2) is 66.7 Å². The number of fused-ring (bicyclic) bond motifs is 1. The van der Waals surface area contributed by atoms with Crippen LogP contribution in [0.1, 0.15) is 23.1 Å². The molecule has 4 rings (SSSR count). The van der Waals surface area contributed by atoms with Crippen molar-refractivity contribution in [2.75, 3.05) is 6.61 Å². The van der Waals surface area contributed by atoms with Crippen molar-refractivity contribution in [3.63, 3.8) is 0 Å². The van der Waals surface area contributed by atoms with Crippen LogP contribution in [0.5, 0.6) is 5.75 Å². The van der Waals surface area contributed by atoms with Gasteiger partial charge in [0.2, 0.25) is 0 Å². The molecular formula is C21H19N5O2. The molecule has 1 heterocycles. The highest BCUT2D eigenvalue weighted by Gasteiger charge is 2.13. The topological polar surface area (TPSA) is 81.9 Å². The van der Waals surface area contributed by atoms with Gasteiger partial charge in [-0.1, -0.05) is 36.4 Å². The van der Waals surface area contributed by atoms with E-state index in [0.717, 1.165) is 22.2 Å². The van der Waals surface area contributed by atoms with E-state index in [9.17, 15) is 4.79 Å². The maximum atomic E-state index is 12.7. The standard InChI is InChI=1S/C21H19N5O2/c1-2-28-17-12-10-16(11-13-17)26-20(23-24-25-26)14-22-21(27)19-9-5-7-15-6-3-4-8-18(15)19/h3-13H,2,14H2,1H3,(H,22,27). The normalized spacial score (nSPS) is 10.8. The van der Waals surface area contributed by atoms with Crippen LogP contribution in [0, 0.1) is 0 Å². The highest BCUT2D eigenvalue weighted by Crippen LogP contribution is 2.19. The molecule has 0 spiro atoms. The number of nitrogens with zero attached hydrogens (tertiary/aromatic N) is 4. The molecule has 140 valence electrons. The molecule has 0 saturated heterocycles. The van der Waals surface area contributed by atoms with Gasteiger partial charge < -0.3 is 10.1 Å². The molecule has 1 aromatic heterocycles. The Morgan fingerprint density at radius 1 is 1.04 bits per heavy atom. The SMILES string of the molecule is CCOc1ccc(-n2nnnc2CNC(=O)c2cccc3ccccc23)cc1. The second-order valence-corrected chi connectivity index (χ2v) is 6.14. The highest BCUT2D eigenvalue weighted by atomic mass is 16.5. The summed E-state index contributed by atoms with van der Waals surface area (Å²) in [6.45, 7) is 2.75. The minimum atomic E-state index is -0.168. The first-order valence-corrected chi connectivity index (χ1v) is 9.02. The number of nitrogens with one attached hydrogen (secondary N) is 1. The summed E-state index contributed by atoms with van der Waals surface area (Å²) >= 11 is 0. The van der Waals surface area contributed by atoms with Gasteiger partial charge in [-0.25, -0.2) is 0 Å². The number of benzene rings is 3. The molecule has 0 bridgehead atoms. The molecule has 0 radical (unpaired) electrons. The number of amides is 1. The molecule has 0 aliphatic heterocycles. The van der Waals surface area contributed by atoms with Gasteiger partial charge >= 0.3 is 0 Å². The zero-order chi connectivity index (χ0) is 19.3. The molecule has 4 aromatic rings. The molecule has 0 aliphatic carbocycles. The number of aromatic nitrogens is 4. The predicted molar refractivity (Wildman–Crippen MR) is 105 cm³/mol. The zero-order valence-corrected chi connectivity index (χ0v) is 15.4. The van der Waals surface area contributed by atoms with Gasteiger partial charge in [-0.05, 0) is 58.5 Å². The summed E-state index contributed by atoms with van der Waals surface area (Å²) in [6.07, 6.45) is 0. The fraction of sp³-hybridized carbons (Fsp3) is 0.143. The summed E-state index contributed by atoms with van der Waals surface area (Å²) in [5, 5.41) is 16.6. The van der Waals surface area contributed by atoms with Gasteiger partial charge in [-0.15, -0.1) is 5.10 Å². The lowest BCUT2D eigenvalue weighted by Gasteiger charge is -2.09. The van der Waals surface area contributed by atoms with Crippen molar-refractivity contribution in [1.29, 1.82) is 0 Å². The van der Waals surface area contributed by atoms with Crippen molar-refractivity contribution >= 4 is 16.7 Å². The number of rotatable bonds is 6. The Balaban J connectivity index is 1.51. The average molecular weight is 373 g/mol. The Kier molecular flexibility index (Phi) is 4.97. The molecule has 3 aromatic carbocycles. The first-order valence-electron chi connectivity index (χ1n) is 9.02. The molecule has 0 aliphatic rings. The summed E-state index contributed by atoms with van der Waals surface area (Å²) in [7, 11) is 0. The summed E-state index contributed by atoms with van der Waals surface area (Å²) < 4.78 is 7.05. The lowest BCUT2D eigenvalue weighted by Crippen LogP contribution is -2.25.